The van der Waals surface area contributed by atoms with Gasteiger partial charge >= 0.3 is 5.97 Å². The first-order valence-electron chi connectivity index (χ1n) is 6.01. The number of imidazole rings is 1. The zero-order valence-electron chi connectivity index (χ0n) is 10.8. The number of alkyl halides is 1. The molecule has 0 aromatic carbocycles. The summed E-state index contributed by atoms with van der Waals surface area (Å²) in [5.41, 5.74) is 0.307. The van der Waals surface area contributed by atoms with Crippen LogP contribution in [0.1, 0.15) is 29.1 Å². The first-order chi connectivity index (χ1) is 9.65. The number of rotatable bonds is 5. The molecule has 0 aliphatic rings. The Morgan fingerprint density at radius 3 is 2.90 bits per heavy atom. The molecule has 5 nitrogen and oxygen atoms in total. The van der Waals surface area contributed by atoms with E-state index in [1.54, 1.807) is 31.3 Å². The Balaban J connectivity index is 2.31. The Kier molecular flexibility index (Phi) is 4.39. The lowest BCUT2D eigenvalue weighted by Crippen LogP contribution is -2.18. The lowest BCUT2D eigenvalue weighted by atomic mass is 10.2. The molecular weight excluding hydrogens is 268 g/mol. The molecule has 20 heavy (non-hydrogen) atoms. The van der Waals surface area contributed by atoms with E-state index in [2.05, 4.69) is 14.7 Å². The van der Waals surface area contributed by atoms with Gasteiger partial charge in [-0.2, -0.15) is 4.39 Å². The number of carbonyl (C=O) groups is 1. The maximum Gasteiger partial charge on any atom is 0.359 e. The third-order valence-electron chi connectivity index (χ3n) is 2.79. The fourth-order valence-corrected chi connectivity index (χ4v) is 1.79. The maximum absolute atomic E-state index is 13.6. The number of nitrogens with zero attached hydrogens (tertiary/aromatic N) is 3. The standard InChI is InChI=1S/C13H13F2N3O2/c1-9(10-4-2-3-6-16-10)18-8-17-12(15)11(18)13(19)20-7-5-14/h2-4,6,8-9H,5,7H2,1H3/t9-/m1/s1. The molecule has 0 bridgehead atoms. The summed E-state index contributed by atoms with van der Waals surface area (Å²) in [6.07, 6.45) is 2.79. The van der Waals surface area contributed by atoms with Crippen molar-refractivity contribution in [3.05, 3.63) is 48.1 Å². The summed E-state index contributed by atoms with van der Waals surface area (Å²) < 4.78 is 31.6. The molecule has 0 fully saturated rings. The Labute approximate surface area is 114 Å². The second-order valence-electron chi connectivity index (χ2n) is 4.05. The van der Waals surface area contributed by atoms with Gasteiger partial charge in [0.2, 0.25) is 5.95 Å². The van der Waals surface area contributed by atoms with Crippen LogP contribution in [0.2, 0.25) is 0 Å². The van der Waals surface area contributed by atoms with Crippen LogP contribution in [-0.2, 0) is 4.74 Å². The van der Waals surface area contributed by atoms with Gasteiger partial charge in [-0.1, -0.05) is 6.07 Å². The summed E-state index contributed by atoms with van der Waals surface area (Å²) in [6.45, 7) is 0.508. The number of carbonyl (C=O) groups excluding carboxylic acids is 1. The minimum absolute atomic E-state index is 0.336. The molecule has 106 valence electrons. The molecule has 0 amide bonds. The predicted molar refractivity (Wildman–Crippen MR) is 66.5 cm³/mol. The van der Waals surface area contributed by atoms with Gasteiger partial charge in [-0.15, -0.1) is 0 Å². The van der Waals surface area contributed by atoms with E-state index >= 15 is 0 Å². The number of hydrogen-bond acceptors (Lipinski definition) is 4. The zero-order valence-corrected chi connectivity index (χ0v) is 10.8. The lowest BCUT2D eigenvalue weighted by molar-refractivity contribution is 0.0461. The van der Waals surface area contributed by atoms with Gasteiger partial charge in [0.1, 0.15) is 13.3 Å². The highest BCUT2D eigenvalue weighted by molar-refractivity contribution is 5.87. The van der Waals surface area contributed by atoms with E-state index in [0.29, 0.717) is 5.69 Å². The Bertz CT molecular complexity index is 587. The average Bonchev–Trinajstić information content (AvgIpc) is 2.86. The molecule has 0 spiro atoms. The van der Waals surface area contributed by atoms with Crippen molar-refractivity contribution in [3.8, 4) is 0 Å². The van der Waals surface area contributed by atoms with Crippen LogP contribution in [0.15, 0.2) is 30.7 Å². The molecule has 0 aliphatic heterocycles. The van der Waals surface area contributed by atoms with Crippen molar-refractivity contribution in [2.75, 3.05) is 13.3 Å². The van der Waals surface area contributed by atoms with E-state index in [-0.39, 0.29) is 5.69 Å². The van der Waals surface area contributed by atoms with Crippen LogP contribution >= 0.6 is 0 Å². The van der Waals surface area contributed by atoms with Gasteiger partial charge in [-0.3, -0.25) is 4.98 Å². The second kappa shape index (κ2) is 6.23. The molecule has 2 rings (SSSR count). The number of esters is 1. The molecule has 0 saturated heterocycles. The highest BCUT2D eigenvalue weighted by atomic mass is 19.1. The molecule has 0 radical (unpaired) electrons. The van der Waals surface area contributed by atoms with Crippen molar-refractivity contribution >= 4 is 5.97 Å². The highest BCUT2D eigenvalue weighted by Crippen LogP contribution is 2.19. The van der Waals surface area contributed by atoms with Crippen molar-refractivity contribution in [3.63, 3.8) is 0 Å². The lowest BCUT2D eigenvalue weighted by Gasteiger charge is -2.15. The summed E-state index contributed by atoms with van der Waals surface area (Å²) in [7, 11) is 0. The molecule has 0 aliphatic carbocycles. The van der Waals surface area contributed by atoms with Gasteiger partial charge < -0.3 is 9.30 Å². The monoisotopic (exact) mass is 281 g/mol. The quantitative estimate of drug-likeness (QED) is 0.788. The molecular formula is C13H13F2N3O2. The second-order valence-corrected chi connectivity index (χ2v) is 4.05. The van der Waals surface area contributed by atoms with Crippen molar-refractivity contribution in [2.45, 2.75) is 13.0 Å². The van der Waals surface area contributed by atoms with E-state index in [1.807, 2.05) is 0 Å². The van der Waals surface area contributed by atoms with Crippen LogP contribution in [0.4, 0.5) is 8.78 Å². The molecule has 0 saturated carbocycles. The number of hydrogen-bond donors (Lipinski definition) is 0. The predicted octanol–water partition coefficient (Wildman–Crippen LogP) is 2.15. The van der Waals surface area contributed by atoms with Gasteiger partial charge in [-0.05, 0) is 19.1 Å². The molecule has 7 heteroatoms. The summed E-state index contributed by atoms with van der Waals surface area (Å²) in [5, 5.41) is 0. The SMILES string of the molecule is C[C@H](c1ccccn1)n1cnc(F)c1C(=O)OCCF. The Morgan fingerprint density at radius 1 is 1.45 bits per heavy atom. The van der Waals surface area contributed by atoms with Gasteiger partial charge in [0, 0.05) is 6.20 Å². The fraction of sp³-hybridized carbons (Fsp3) is 0.308. The van der Waals surface area contributed by atoms with Crippen molar-refractivity contribution in [2.24, 2.45) is 0 Å². The van der Waals surface area contributed by atoms with Crippen LogP contribution in [0.3, 0.4) is 0 Å². The first kappa shape index (κ1) is 14.1. The van der Waals surface area contributed by atoms with Crippen molar-refractivity contribution in [1.82, 2.24) is 14.5 Å². The van der Waals surface area contributed by atoms with E-state index in [4.69, 9.17) is 0 Å². The normalized spacial score (nSPS) is 12.2. The van der Waals surface area contributed by atoms with E-state index in [9.17, 15) is 13.6 Å². The summed E-state index contributed by atoms with van der Waals surface area (Å²) in [5.74, 6) is -1.89. The molecule has 1 atom stereocenters. The van der Waals surface area contributed by atoms with Crippen LogP contribution < -0.4 is 0 Å². The Morgan fingerprint density at radius 2 is 2.25 bits per heavy atom. The van der Waals surface area contributed by atoms with E-state index in [1.165, 1.54) is 10.9 Å². The van der Waals surface area contributed by atoms with E-state index in [0.717, 1.165) is 0 Å². The van der Waals surface area contributed by atoms with Gasteiger partial charge in [0.05, 0.1) is 18.1 Å². The zero-order chi connectivity index (χ0) is 14.5. The molecule has 0 unspecified atom stereocenters. The third-order valence-corrected chi connectivity index (χ3v) is 2.79. The number of halogens is 2. The van der Waals surface area contributed by atoms with Gasteiger partial charge in [0.15, 0.2) is 5.69 Å². The van der Waals surface area contributed by atoms with Crippen LogP contribution in [0.5, 0.6) is 0 Å². The summed E-state index contributed by atoms with van der Waals surface area (Å²) >= 11 is 0. The molecule has 2 heterocycles. The fourth-order valence-electron chi connectivity index (χ4n) is 1.79. The number of aromatic nitrogens is 3. The van der Waals surface area contributed by atoms with E-state index < -0.39 is 31.2 Å². The van der Waals surface area contributed by atoms with Crippen LogP contribution in [0.25, 0.3) is 0 Å². The minimum atomic E-state index is -0.948. The summed E-state index contributed by atoms with van der Waals surface area (Å²) in [6, 6.07) is 4.88. The largest absolute Gasteiger partial charge is 0.458 e. The van der Waals surface area contributed by atoms with Gasteiger partial charge in [-0.25, -0.2) is 14.2 Å². The molecule has 0 N–H and O–H groups in total. The average molecular weight is 281 g/mol. The first-order valence-corrected chi connectivity index (χ1v) is 6.01. The third kappa shape index (κ3) is 2.81. The Hall–Kier alpha value is -2.31. The maximum atomic E-state index is 13.6. The minimum Gasteiger partial charge on any atom is -0.458 e. The number of ether oxygens (including phenoxy) is 1. The molecule has 2 aromatic heterocycles. The van der Waals surface area contributed by atoms with Crippen molar-refractivity contribution < 1.29 is 18.3 Å². The van der Waals surface area contributed by atoms with Gasteiger partial charge in [0.25, 0.3) is 0 Å². The summed E-state index contributed by atoms with van der Waals surface area (Å²) in [4.78, 5) is 19.3. The smallest absolute Gasteiger partial charge is 0.359 e. The number of pyridine rings is 1. The highest BCUT2D eigenvalue weighted by Gasteiger charge is 2.24. The van der Waals surface area contributed by atoms with Crippen LogP contribution in [-0.4, -0.2) is 33.8 Å². The van der Waals surface area contributed by atoms with Crippen molar-refractivity contribution in [1.29, 1.82) is 0 Å². The topological polar surface area (TPSA) is 57.0 Å². The van der Waals surface area contributed by atoms with Crippen LogP contribution in [0, 0.1) is 5.95 Å². The molecule has 2 aromatic rings.